The van der Waals surface area contributed by atoms with Crippen LogP contribution in [0.4, 0.5) is 31.1 Å². The Balaban J connectivity index is 0.000000129. The summed E-state index contributed by atoms with van der Waals surface area (Å²) in [6, 6.07) is 47.9. The van der Waals surface area contributed by atoms with Crippen LogP contribution >= 0.6 is 12.4 Å². The van der Waals surface area contributed by atoms with Crippen molar-refractivity contribution in [1.29, 1.82) is 0 Å². The highest BCUT2D eigenvalue weighted by Crippen LogP contribution is 2.46. The zero-order valence-electron chi connectivity index (χ0n) is 70.4. The second kappa shape index (κ2) is 41.7. The van der Waals surface area contributed by atoms with Crippen molar-refractivity contribution in [2.24, 2.45) is 35.5 Å². The van der Waals surface area contributed by atoms with Gasteiger partial charge in [0, 0.05) is 96.5 Å². The Bertz CT molecular complexity index is 4160. The third-order valence-corrected chi connectivity index (χ3v) is 28.9. The van der Waals surface area contributed by atoms with Crippen molar-refractivity contribution in [2.75, 3.05) is 28.2 Å². The standard InChI is InChI=1S/C20H28FNO2.C16H22FNO.C16H20FNO.C16H22FN.C16H20FN.C15H18FNO.ClH/c1-20(2,3)24-19(23)22-16-10-11-17(22)13-14(12-16)8-9-15-6-4-5-7-18(15)21;2*1-18-12-6-7-13(18)9-11(8-12)10-16(19)14-4-2-3-5-15(14)17;2*1-18-14-8-9-15(18)11-12(10-14)6-7-13-4-2-3-5-16(13)17;16-14-4-2-1-3-13(14)15(18)9-10-7-11-5-6-12(8-10)17-11;/h4-7,14,16-17H,8-13H2,1-3H3;2-5,11-13,16,19H,6-10H2,1H3;2-5,11-13H,6-10H2,1H3;2-5,12,14-15H,6-11H2,1H3;2-7,12,14-15H,8-11H2,1H3;1-4,10-12,17H,5-9H2;1H/b;;;;7-6+;;. The first kappa shape index (κ1) is 89.6. The molecule has 117 heavy (non-hydrogen) atoms. The van der Waals surface area contributed by atoms with Gasteiger partial charge in [0.05, 0.1) is 17.2 Å². The number of halogens is 7. The number of nitrogens with one attached hydrogen (secondary N) is 1. The topological polar surface area (TPSA) is 109 Å². The number of nitrogens with zero attached hydrogens (tertiary/aromatic N) is 5. The summed E-state index contributed by atoms with van der Waals surface area (Å²) in [6.07, 6.45) is 37.8. The van der Waals surface area contributed by atoms with Gasteiger partial charge < -0.3 is 39.7 Å². The second-order valence-electron chi connectivity index (χ2n) is 37.7. The zero-order valence-corrected chi connectivity index (χ0v) is 71.2. The fraction of sp³-hybridized carbons (Fsp3) is 0.586. The third-order valence-electron chi connectivity index (χ3n) is 28.9. The fourth-order valence-corrected chi connectivity index (χ4v) is 22.5. The highest BCUT2D eigenvalue weighted by atomic mass is 35.5. The van der Waals surface area contributed by atoms with Crippen LogP contribution in [0.1, 0.15) is 256 Å². The SMILES string of the molecule is CC(C)(C)OC(=O)N1C2CCC1CC(CCc1ccccc1F)C2.CN1C2CCC1CC(/C=C/c1ccccc1F)C2.CN1C2CCC1CC(CC(=O)c1ccccc1F)C2.CN1C2CCC1CC(CC(O)c1ccccc1F)C2.CN1C2CCC1CC(CCc1ccccc1F)C2.Cl.O=C(CC1CC2CCC(C1)N2)c1ccccc1F. The van der Waals surface area contributed by atoms with E-state index in [0.29, 0.717) is 108 Å². The molecule has 13 atom stereocenters. The Morgan fingerprint density at radius 1 is 0.419 bits per heavy atom. The normalized spacial score (nSPS) is 30.2. The molecule has 18 heteroatoms. The number of amides is 1. The molecule has 12 fully saturated rings. The largest absolute Gasteiger partial charge is 0.444 e. The molecule has 0 spiro atoms. The number of ether oxygens (including phenoxy) is 1. The Kier molecular flexibility index (Phi) is 31.9. The number of carbonyl (C=O) groups excluding carboxylic acids is 3. The third kappa shape index (κ3) is 23.9. The molecule has 0 aromatic heterocycles. The van der Waals surface area contributed by atoms with E-state index in [0.717, 1.165) is 131 Å². The number of rotatable bonds is 17. The quantitative estimate of drug-likeness (QED) is 0.0677. The van der Waals surface area contributed by atoms with Crippen molar-refractivity contribution in [2.45, 2.75) is 304 Å². The summed E-state index contributed by atoms with van der Waals surface area (Å²) in [4.78, 5) is 48.8. The molecule has 0 radical (unpaired) electrons. The van der Waals surface area contributed by atoms with Crippen LogP contribution in [-0.2, 0) is 17.6 Å². The number of allylic oxidation sites excluding steroid dienone is 1. The summed E-state index contributed by atoms with van der Waals surface area (Å²) >= 11 is 0. The summed E-state index contributed by atoms with van der Waals surface area (Å²) < 4.78 is 87.2. The van der Waals surface area contributed by atoms with E-state index in [2.05, 4.69) is 59.2 Å². The molecular weight excluding hydrogens is 1500 g/mol. The first-order chi connectivity index (χ1) is 55.8. The van der Waals surface area contributed by atoms with Crippen molar-refractivity contribution in [3.63, 3.8) is 0 Å². The molecule has 13 unspecified atom stereocenters. The number of benzene rings is 6. The molecule has 6 aromatic rings. The van der Waals surface area contributed by atoms with Gasteiger partial charge in [0.1, 0.15) is 40.5 Å². The van der Waals surface area contributed by atoms with E-state index in [4.69, 9.17) is 4.74 Å². The first-order valence-corrected chi connectivity index (χ1v) is 44.4. The van der Waals surface area contributed by atoms with E-state index < -0.39 is 11.7 Å². The fourth-order valence-electron chi connectivity index (χ4n) is 22.5. The van der Waals surface area contributed by atoms with Crippen LogP contribution in [0.2, 0.25) is 0 Å². The number of ketones is 2. The van der Waals surface area contributed by atoms with Crippen LogP contribution in [0.25, 0.3) is 6.08 Å². The van der Waals surface area contributed by atoms with E-state index >= 15 is 0 Å². The van der Waals surface area contributed by atoms with Gasteiger partial charge in [0.2, 0.25) is 0 Å². The summed E-state index contributed by atoms with van der Waals surface area (Å²) in [7, 11) is 8.93. The molecule has 12 heterocycles. The Morgan fingerprint density at radius 3 is 1.17 bits per heavy atom. The van der Waals surface area contributed by atoms with Gasteiger partial charge in [-0.2, -0.15) is 0 Å². The van der Waals surface area contributed by atoms with Crippen LogP contribution in [0, 0.1) is 70.4 Å². The number of carbonyl (C=O) groups is 3. The van der Waals surface area contributed by atoms with Gasteiger partial charge in [-0.3, -0.25) is 9.59 Å². The molecule has 12 aliphatic heterocycles. The molecule has 636 valence electrons. The molecule has 0 saturated carbocycles. The van der Waals surface area contributed by atoms with Crippen molar-refractivity contribution >= 4 is 36.1 Å². The molecule has 12 saturated heterocycles. The maximum absolute atomic E-state index is 13.8. The lowest BCUT2D eigenvalue weighted by Crippen LogP contribution is -2.48. The Hall–Kier alpha value is -6.70. The van der Waals surface area contributed by atoms with Gasteiger partial charge in [-0.05, 0) is 330 Å². The molecule has 12 bridgehead atoms. The molecule has 0 aliphatic carbocycles. The highest BCUT2D eigenvalue weighted by Gasteiger charge is 2.46. The molecule has 11 nitrogen and oxygen atoms in total. The minimum atomic E-state index is -0.658. The number of hydrogen-bond donors (Lipinski definition) is 2. The number of aryl methyl sites for hydroxylation is 2. The minimum Gasteiger partial charge on any atom is -0.444 e. The monoisotopic (exact) mass is 1630 g/mol. The zero-order chi connectivity index (χ0) is 81.7. The van der Waals surface area contributed by atoms with Crippen molar-refractivity contribution in [1.82, 2.24) is 29.8 Å². The Labute approximate surface area is 700 Å². The van der Waals surface area contributed by atoms with Crippen molar-refractivity contribution in [3.8, 4) is 0 Å². The summed E-state index contributed by atoms with van der Waals surface area (Å²) in [5.41, 5.74) is 2.93. The lowest BCUT2D eigenvalue weighted by molar-refractivity contribution is 0.00161. The number of Topliss-reactive ketones (excluding diaryl/α,β-unsaturated/α-hetero) is 2. The number of aliphatic hydroxyl groups is 1. The van der Waals surface area contributed by atoms with Crippen LogP contribution in [0.3, 0.4) is 0 Å². The summed E-state index contributed by atoms with van der Waals surface area (Å²) in [6.45, 7) is 5.73. The second-order valence-corrected chi connectivity index (χ2v) is 37.7. The lowest BCUT2D eigenvalue weighted by atomic mass is 9.85. The van der Waals surface area contributed by atoms with E-state index in [-0.39, 0.29) is 76.1 Å². The average molecular weight is 1630 g/mol. The first-order valence-electron chi connectivity index (χ1n) is 44.4. The molecule has 18 rings (SSSR count). The van der Waals surface area contributed by atoms with E-state index in [1.807, 2.05) is 68.1 Å². The molecule has 6 aromatic carbocycles. The van der Waals surface area contributed by atoms with E-state index in [1.165, 1.54) is 120 Å². The predicted octanol–water partition coefficient (Wildman–Crippen LogP) is 22.0. The van der Waals surface area contributed by atoms with Crippen LogP contribution in [-0.4, -0.2) is 154 Å². The van der Waals surface area contributed by atoms with Crippen LogP contribution in [0.5, 0.6) is 0 Å². The van der Waals surface area contributed by atoms with Gasteiger partial charge in [-0.25, -0.2) is 31.1 Å². The number of fused-ring (bicyclic) bond motifs is 12. The summed E-state index contributed by atoms with van der Waals surface area (Å²) in [5, 5.41) is 13.8. The van der Waals surface area contributed by atoms with Gasteiger partial charge in [-0.15, -0.1) is 12.4 Å². The number of aliphatic hydroxyl groups excluding tert-OH is 1. The van der Waals surface area contributed by atoms with Crippen LogP contribution < -0.4 is 5.32 Å². The summed E-state index contributed by atoms with van der Waals surface area (Å²) in [5.74, 6) is 1.99. The van der Waals surface area contributed by atoms with Crippen molar-refractivity contribution in [3.05, 3.63) is 220 Å². The van der Waals surface area contributed by atoms with Gasteiger partial charge in [0.15, 0.2) is 11.6 Å². The van der Waals surface area contributed by atoms with Gasteiger partial charge in [0.25, 0.3) is 0 Å². The maximum Gasteiger partial charge on any atom is 0.410 e. The van der Waals surface area contributed by atoms with Gasteiger partial charge in [-0.1, -0.05) is 109 Å². The Morgan fingerprint density at radius 2 is 0.761 bits per heavy atom. The molecule has 12 aliphatic rings. The van der Waals surface area contributed by atoms with Gasteiger partial charge >= 0.3 is 6.09 Å². The van der Waals surface area contributed by atoms with Crippen LogP contribution in [0.15, 0.2) is 152 Å². The molecular formula is C99H131ClF6N6O5. The maximum atomic E-state index is 13.8. The lowest BCUT2D eigenvalue weighted by Gasteiger charge is -2.39. The minimum absolute atomic E-state index is 0. The number of piperidine rings is 6. The smallest absolute Gasteiger partial charge is 0.410 e. The molecule has 2 N–H and O–H groups in total. The molecule has 1 amide bonds. The van der Waals surface area contributed by atoms with E-state index in [9.17, 15) is 45.8 Å². The highest BCUT2D eigenvalue weighted by molar-refractivity contribution is 5.97. The predicted molar refractivity (Wildman–Crippen MR) is 458 cm³/mol. The van der Waals surface area contributed by atoms with E-state index in [1.54, 1.807) is 78.9 Å². The average Bonchev–Trinajstić information content (AvgIpc) is 1.68. The number of hydrogen-bond acceptors (Lipinski definition) is 10. The van der Waals surface area contributed by atoms with Crippen molar-refractivity contribution < 1.29 is 50.6 Å².